The smallest absolute Gasteiger partial charge is 0.335 e. The van der Waals surface area contributed by atoms with Crippen molar-refractivity contribution >= 4 is 40.6 Å². The molecule has 1 aromatic heterocycles. The van der Waals surface area contributed by atoms with Crippen molar-refractivity contribution in [3.05, 3.63) is 86.9 Å². The lowest BCUT2D eigenvalue weighted by atomic mass is 10.1. The van der Waals surface area contributed by atoms with Gasteiger partial charge in [0.2, 0.25) is 5.75 Å². The molecule has 0 fully saturated rings. The van der Waals surface area contributed by atoms with Gasteiger partial charge in [-0.25, -0.2) is 9.78 Å². The predicted octanol–water partition coefficient (Wildman–Crippen LogP) is 4.93. The van der Waals surface area contributed by atoms with Gasteiger partial charge in [0.15, 0.2) is 11.5 Å². The highest BCUT2D eigenvalue weighted by molar-refractivity contribution is 6.31. The van der Waals surface area contributed by atoms with Crippen LogP contribution in [0.1, 0.15) is 21.7 Å². The summed E-state index contributed by atoms with van der Waals surface area (Å²) in [5, 5.41) is 10.0. The molecule has 0 bridgehead atoms. The molecular weight excluding hydrogens is 472 g/mol. The van der Waals surface area contributed by atoms with Crippen LogP contribution in [0.2, 0.25) is 5.02 Å². The van der Waals surface area contributed by atoms with E-state index in [9.17, 15) is 14.7 Å². The summed E-state index contributed by atoms with van der Waals surface area (Å²) in [7, 11) is 4.57. The second-order valence-corrected chi connectivity index (χ2v) is 7.85. The van der Waals surface area contributed by atoms with Gasteiger partial charge in [-0.3, -0.25) is 9.36 Å². The fourth-order valence-corrected chi connectivity index (χ4v) is 3.83. The molecule has 0 atom stereocenters. The number of hydrogen-bond donors (Lipinski definition) is 1. The molecule has 4 rings (SSSR count). The van der Waals surface area contributed by atoms with Crippen molar-refractivity contribution in [2.75, 3.05) is 21.3 Å². The molecule has 0 amide bonds. The molecular formula is C26H21ClN2O6. The van der Waals surface area contributed by atoms with Gasteiger partial charge >= 0.3 is 5.97 Å². The van der Waals surface area contributed by atoms with Gasteiger partial charge in [0.05, 0.1) is 43.5 Å². The third-order valence-electron chi connectivity index (χ3n) is 5.34. The minimum atomic E-state index is -1.06. The third kappa shape index (κ3) is 4.69. The number of aromatic carboxylic acids is 1. The Morgan fingerprint density at radius 2 is 1.60 bits per heavy atom. The maximum absolute atomic E-state index is 13.4. The monoisotopic (exact) mass is 492 g/mol. The minimum Gasteiger partial charge on any atom is -0.493 e. The number of hydrogen-bond acceptors (Lipinski definition) is 6. The fourth-order valence-electron chi connectivity index (χ4n) is 3.66. The van der Waals surface area contributed by atoms with Gasteiger partial charge in [0.25, 0.3) is 5.56 Å². The number of carboxylic acids is 1. The second kappa shape index (κ2) is 9.90. The third-order valence-corrected chi connectivity index (χ3v) is 5.58. The molecule has 1 heterocycles. The number of nitrogens with zero attached hydrogens (tertiary/aromatic N) is 2. The molecule has 3 aromatic carbocycles. The minimum absolute atomic E-state index is 0.108. The molecule has 0 aliphatic heterocycles. The quantitative estimate of drug-likeness (QED) is 0.390. The van der Waals surface area contributed by atoms with Crippen LogP contribution in [0.5, 0.6) is 17.2 Å². The van der Waals surface area contributed by atoms with Crippen LogP contribution in [0.4, 0.5) is 0 Å². The van der Waals surface area contributed by atoms with Crippen LogP contribution in [-0.2, 0) is 0 Å². The summed E-state index contributed by atoms with van der Waals surface area (Å²) in [6, 6.07) is 14.4. The summed E-state index contributed by atoms with van der Waals surface area (Å²) in [4.78, 5) is 29.4. The van der Waals surface area contributed by atoms with Crippen molar-refractivity contribution in [2.45, 2.75) is 0 Å². The van der Waals surface area contributed by atoms with Gasteiger partial charge in [-0.1, -0.05) is 17.7 Å². The largest absolute Gasteiger partial charge is 0.493 e. The van der Waals surface area contributed by atoms with Crippen molar-refractivity contribution in [2.24, 2.45) is 0 Å². The first-order valence-corrected chi connectivity index (χ1v) is 10.8. The van der Waals surface area contributed by atoms with Gasteiger partial charge in [-0.15, -0.1) is 0 Å². The van der Waals surface area contributed by atoms with E-state index in [1.807, 2.05) is 0 Å². The van der Waals surface area contributed by atoms with Gasteiger partial charge in [-0.2, -0.15) is 0 Å². The summed E-state index contributed by atoms with van der Waals surface area (Å²) in [5.74, 6) is 0.679. The summed E-state index contributed by atoms with van der Waals surface area (Å²) in [6.45, 7) is 0. The SMILES string of the molecule is COc1cc(/C=C/c2nc3cc(Cl)ccc3c(=O)n2-c2ccc(C(=O)O)cc2)cc(OC)c1OC. The van der Waals surface area contributed by atoms with Gasteiger partial charge < -0.3 is 19.3 Å². The number of carbonyl (C=O) groups is 1. The van der Waals surface area contributed by atoms with Gasteiger partial charge in [0, 0.05) is 5.02 Å². The van der Waals surface area contributed by atoms with E-state index in [0.717, 1.165) is 0 Å². The number of rotatable bonds is 7. The zero-order valence-corrected chi connectivity index (χ0v) is 19.9. The summed E-state index contributed by atoms with van der Waals surface area (Å²) < 4.78 is 17.6. The van der Waals surface area contributed by atoms with Crippen LogP contribution in [0.15, 0.2) is 59.4 Å². The first-order valence-electron chi connectivity index (χ1n) is 10.4. The molecule has 8 nitrogen and oxygen atoms in total. The molecule has 1 N–H and O–H groups in total. The molecule has 9 heteroatoms. The Hall–Kier alpha value is -4.30. The summed E-state index contributed by atoms with van der Waals surface area (Å²) >= 11 is 6.13. The normalized spacial score (nSPS) is 11.1. The van der Waals surface area contributed by atoms with Crippen molar-refractivity contribution in [3.63, 3.8) is 0 Å². The van der Waals surface area contributed by atoms with E-state index in [4.69, 9.17) is 25.8 Å². The molecule has 35 heavy (non-hydrogen) atoms. The Balaban J connectivity index is 1.91. The maximum Gasteiger partial charge on any atom is 0.335 e. The average molecular weight is 493 g/mol. The number of aromatic nitrogens is 2. The number of benzene rings is 3. The number of ether oxygens (including phenoxy) is 3. The van der Waals surface area contributed by atoms with Crippen LogP contribution in [-0.4, -0.2) is 42.0 Å². The average Bonchev–Trinajstić information content (AvgIpc) is 2.86. The Bertz CT molecular complexity index is 1480. The lowest BCUT2D eigenvalue weighted by molar-refractivity contribution is 0.0697. The van der Waals surface area contributed by atoms with E-state index in [2.05, 4.69) is 4.98 Å². The van der Waals surface area contributed by atoms with Crippen molar-refractivity contribution in [1.82, 2.24) is 9.55 Å². The van der Waals surface area contributed by atoms with Crippen LogP contribution < -0.4 is 19.8 Å². The molecule has 0 radical (unpaired) electrons. The number of methoxy groups -OCH3 is 3. The van der Waals surface area contributed by atoms with E-state index in [-0.39, 0.29) is 11.1 Å². The van der Waals surface area contributed by atoms with Crippen LogP contribution in [0, 0.1) is 0 Å². The highest BCUT2D eigenvalue weighted by atomic mass is 35.5. The van der Waals surface area contributed by atoms with Crippen molar-refractivity contribution in [3.8, 4) is 22.9 Å². The zero-order valence-electron chi connectivity index (χ0n) is 19.1. The highest BCUT2D eigenvalue weighted by Gasteiger charge is 2.14. The lowest BCUT2D eigenvalue weighted by Crippen LogP contribution is -2.22. The van der Waals surface area contributed by atoms with E-state index >= 15 is 0 Å². The molecule has 0 saturated heterocycles. The van der Waals surface area contributed by atoms with E-state index in [1.165, 1.54) is 38.0 Å². The Labute approximate surface area is 205 Å². The number of fused-ring (bicyclic) bond motifs is 1. The fraction of sp³-hybridized carbons (Fsp3) is 0.115. The maximum atomic E-state index is 13.4. The van der Waals surface area contributed by atoms with Crippen LogP contribution >= 0.6 is 11.6 Å². The lowest BCUT2D eigenvalue weighted by Gasteiger charge is -2.13. The first kappa shape index (κ1) is 23.8. The predicted molar refractivity (Wildman–Crippen MR) is 134 cm³/mol. The number of halogens is 1. The Morgan fingerprint density at radius 1 is 0.943 bits per heavy atom. The number of carboxylic acid groups (broad SMARTS) is 1. The summed E-state index contributed by atoms with van der Waals surface area (Å²) in [5.41, 5.74) is 1.41. The molecule has 178 valence electrons. The van der Waals surface area contributed by atoms with E-state index in [1.54, 1.807) is 54.6 Å². The van der Waals surface area contributed by atoms with Gasteiger partial charge in [-0.05, 0) is 66.2 Å². The van der Waals surface area contributed by atoms with Crippen LogP contribution in [0.3, 0.4) is 0 Å². The van der Waals surface area contributed by atoms with E-state index < -0.39 is 5.97 Å². The molecule has 0 spiro atoms. The van der Waals surface area contributed by atoms with E-state index in [0.29, 0.717) is 50.2 Å². The Kier molecular flexibility index (Phi) is 6.75. The van der Waals surface area contributed by atoms with Gasteiger partial charge in [0.1, 0.15) is 5.82 Å². The second-order valence-electron chi connectivity index (χ2n) is 7.42. The summed E-state index contributed by atoms with van der Waals surface area (Å²) in [6.07, 6.45) is 3.43. The molecule has 0 unspecified atom stereocenters. The molecule has 0 aliphatic rings. The van der Waals surface area contributed by atoms with Crippen molar-refractivity contribution in [1.29, 1.82) is 0 Å². The van der Waals surface area contributed by atoms with Crippen molar-refractivity contribution < 1.29 is 24.1 Å². The molecule has 4 aromatic rings. The molecule has 0 aliphatic carbocycles. The topological polar surface area (TPSA) is 99.9 Å². The zero-order chi connectivity index (χ0) is 25.1. The molecule has 0 saturated carbocycles. The standard InChI is InChI=1S/C26H21ClN2O6/c1-33-21-12-15(13-22(34-2)24(21)35-3)4-11-23-28-20-14-17(27)7-10-19(20)25(30)29(23)18-8-5-16(6-9-18)26(31)32/h4-14H,1-3H3,(H,31,32)/b11-4+. The first-order chi connectivity index (χ1) is 16.9. The highest BCUT2D eigenvalue weighted by Crippen LogP contribution is 2.38. The Morgan fingerprint density at radius 3 is 2.17 bits per heavy atom. The van der Waals surface area contributed by atoms with Crippen LogP contribution in [0.25, 0.3) is 28.7 Å².